The fourth-order valence-electron chi connectivity index (χ4n) is 1.74. The first-order valence-electron chi connectivity index (χ1n) is 4.41. The van der Waals surface area contributed by atoms with Crippen LogP contribution in [0.3, 0.4) is 0 Å². The second-order valence-corrected chi connectivity index (χ2v) is 4.05. The van der Waals surface area contributed by atoms with E-state index in [-0.39, 0.29) is 11.4 Å². The smallest absolute Gasteiger partial charge is 0.217 e. The monoisotopic (exact) mass is 171 g/mol. The highest BCUT2D eigenvalue weighted by Crippen LogP contribution is 2.24. The van der Waals surface area contributed by atoms with Crippen LogP contribution in [-0.4, -0.2) is 24.7 Å². The van der Waals surface area contributed by atoms with Gasteiger partial charge in [0, 0.05) is 6.92 Å². The van der Waals surface area contributed by atoms with Crippen molar-refractivity contribution in [3.8, 4) is 0 Å². The average Bonchev–Trinajstić information content (AvgIpc) is 1.80. The predicted molar refractivity (Wildman–Crippen MR) is 46.8 cm³/mol. The van der Waals surface area contributed by atoms with Gasteiger partial charge in [0.05, 0.1) is 18.8 Å². The minimum absolute atomic E-state index is 0.0407. The molecule has 1 saturated heterocycles. The molecule has 1 amide bonds. The Labute approximate surface area is 73.5 Å². The van der Waals surface area contributed by atoms with E-state index in [0.29, 0.717) is 19.1 Å². The van der Waals surface area contributed by atoms with Crippen LogP contribution in [0.1, 0.15) is 27.2 Å². The molecule has 1 heterocycles. The molecule has 1 aliphatic heterocycles. The van der Waals surface area contributed by atoms with Crippen LogP contribution in [-0.2, 0) is 9.53 Å². The van der Waals surface area contributed by atoms with Gasteiger partial charge in [0.25, 0.3) is 0 Å². The van der Waals surface area contributed by atoms with Gasteiger partial charge < -0.3 is 10.1 Å². The summed E-state index contributed by atoms with van der Waals surface area (Å²) in [6.45, 7) is 7.21. The topological polar surface area (TPSA) is 38.3 Å². The molecular formula is C9H17NO2. The lowest BCUT2D eigenvalue weighted by Gasteiger charge is -2.43. The summed E-state index contributed by atoms with van der Waals surface area (Å²) in [6.07, 6.45) is 1.01. The van der Waals surface area contributed by atoms with E-state index in [1.807, 2.05) is 0 Å². The van der Waals surface area contributed by atoms with E-state index in [4.69, 9.17) is 4.74 Å². The van der Waals surface area contributed by atoms with Gasteiger partial charge in [-0.2, -0.15) is 0 Å². The Morgan fingerprint density at radius 2 is 2.17 bits per heavy atom. The number of amides is 1. The van der Waals surface area contributed by atoms with Gasteiger partial charge in [0.1, 0.15) is 0 Å². The van der Waals surface area contributed by atoms with Crippen LogP contribution in [0, 0.1) is 5.92 Å². The van der Waals surface area contributed by atoms with Crippen molar-refractivity contribution in [1.82, 2.24) is 5.32 Å². The lowest BCUT2D eigenvalue weighted by atomic mass is 9.87. The van der Waals surface area contributed by atoms with Crippen molar-refractivity contribution in [2.75, 3.05) is 13.2 Å². The molecule has 0 saturated carbocycles. The molecule has 70 valence electrons. The number of ether oxygens (including phenoxy) is 1. The Bertz CT molecular complexity index is 173. The zero-order valence-corrected chi connectivity index (χ0v) is 8.02. The van der Waals surface area contributed by atoms with Crippen molar-refractivity contribution in [1.29, 1.82) is 0 Å². The summed E-state index contributed by atoms with van der Waals surface area (Å²) in [4.78, 5) is 10.9. The van der Waals surface area contributed by atoms with E-state index in [0.717, 1.165) is 6.42 Å². The van der Waals surface area contributed by atoms with Gasteiger partial charge in [-0.15, -0.1) is 0 Å². The lowest BCUT2D eigenvalue weighted by Crippen LogP contribution is -2.62. The molecule has 0 spiro atoms. The molecule has 1 fully saturated rings. The zero-order valence-electron chi connectivity index (χ0n) is 8.02. The Balaban J connectivity index is 2.45. The number of rotatable bonds is 3. The van der Waals surface area contributed by atoms with Crippen molar-refractivity contribution in [2.45, 2.75) is 32.7 Å². The molecule has 1 aliphatic rings. The Morgan fingerprint density at radius 1 is 1.58 bits per heavy atom. The number of carbonyl (C=O) groups is 1. The first-order valence-corrected chi connectivity index (χ1v) is 4.41. The van der Waals surface area contributed by atoms with Crippen molar-refractivity contribution in [2.24, 2.45) is 5.92 Å². The third-order valence-electron chi connectivity index (χ3n) is 2.00. The summed E-state index contributed by atoms with van der Waals surface area (Å²) >= 11 is 0. The van der Waals surface area contributed by atoms with Crippen molar-refractivity contribution < 1.29 is 9.53 Å². The summed E-state index contributed by atoms with van der Waals surface area (Å²) in [5.74, 6) is 0.639. The molecule has 0 unspecified atom stereocenters. The fourth-order valence-corrected chi connectivity index (χ4v) is 1.74. The van der Waals surface area contributed by atoms with Crippen LogP contribution in [0.15, 0.2) is 0 Å². The number of carbonyl (C=O) groups excluding carboxylic acids is 1. The SMILES string of the molecule is CC(=O)NC1(CC(C)C)COC1. The highest BCUT2D eigenvalue weighted by molar-refractivity contribution is 5.74. The third-order valence-corrected chi connectivity index (χ3v) is 2.00. The van der Waals surface area contributed by atoms with Crippen molar-refractivity contribution in [3.63, 3.8) is 0 Å². The van der Waals surface area contributed by atoms with Gasteiger partial charge in [-0.3, -0.25) is 4.79 Å². The summed E-state index contributed by atoms with van der Waals surface area (Å²) in [5.41, 5.74) is -0.0556. The minimum Gasteiger partial charge on any atom is -0.376 e. The Kier molecular flexibility index (Phi) is 2.73. The molecule has 3 nitrogen and oxygen atoms in total. The van der Waals surface area contributed by atoms with Gasteiger partial charge in [-0.1, -0.05) is 13.8 Å². The van der Waals surface area contributed by atoms with Gasteiger partial charge in [0.2, 0.25) is 5.91 Å². The molecule has 0 atom stereocenters. The molecule has 0 bridgehead atoms. The van der Waals surface area contributed by atoms with Crippen LogP contribution in [0.25, 0.3) is 0 Å². The molecule has 3 heteroatoms. The van der Waals surface area contributed by atoms with Crippen LogP contribution in [0.2, 0.25) is 0 Å². The average molecular weight is 171 g/mol. The summed E-state index contributed by atoms with van der Waals surface area (Å²) < 4.78 is 5.13. The number of hydrogen-bond donors (Lipinski definition) is 1. The molecule has 1 rings (SSSR count). The van der Waals surface area contributed by atoms with Crippen LogP contribution < -0.4 is 5.32 Å². The molecule has 0 aromatic carbocycles. The second kappa shape index (κ2) is 3.44. The predicted octanol–water partition coefficient (Wildman–Crippen LogP) is 0.938. The molecule has 0 radical (unpaired) electrons. The molecule has 0 aliphatic carbocycles. The Hall–Kier alpha value is -0.570. The van der Waals surface area contributed by atoms with E-state index in [2.05, 4.69) is 19.2 Å². The van der Waals surface area contributed by atoms with Gasteiger partial charge >= 0.3 is 0 Å². The van der Waals surface area contributed by atoms with Gasteiger partial charge in [0.15, 0.2) is 0 Å². The first-order chi connectivity index (χ1) is 5.54. The van der Waals surface area contributed by atoms with E-state index in [1.165, 1.54) is 0 Å². The quantitative estimate of drug-likeness (QED) is 0.686. The van der Waals surface area contributed by atoms with Crippen LogP contribution >= 0.6 is 0 Å². The largest absolute Gasteiger partial charge is 0.376 e. The molecule has 0 aromatic rings. The maximum Gasteiger partial charge on any atom is 0.217 e. The highest BCUT2D eigenvalue weighted by atomic mass is 16.5. The zero-order chi connectivity index (χ0) is 9.19. The van der Waals surface area contributed by atoms with Gasteiger partial charge in [-0.25, -0.2) is 0 Å². The third kappa shape index (κ3) is 2.21. The maximum atomic E-state index is 10.9. The first kappa shape index (κ1) is 9.52. The molecule has 12 heavy (non-hydrogen) atoms. The van der Waals surface area contributed by atoms with E-state index >= 15 is 0 Å². The fraction of sp³-hybridized carbons (Fsp3) is 0.889. The van der Waals surface area contributed by atoms with E-state index < -0.39 is 0 Å². The number of hydrogen-bond acceptors (Lipinski definition) is 2. The Morgan fingerprint density at radius 3 is 2.42 bits per heavy atom. The summed E-state index contributed by atoms with van der Waals surface area (Å²) in [5, 5.41) is 2.96. The van der Waals surface area contributed by atoms with Crippen LogP contribution in [0.4, 0.5) is 0 Å². The summed E-state index contributed by atoms with van der Waals surface area (Å²) in [6, 6.07) is 0. The lowest BCUT2D eigenvalue weighted by molar-refractivity contribution is -0.132. The second-order valence-electron chi connectivity index (χ2n) is 4.05. The summed E-state index contributed by atoms with van der Waals surface area (Å²) in [7, 11) is 0. The standard InChI is InChI=1S/C9H17NO2/c1-7(2)4-9(5-12-6-9)10-8(3)11/h7H,4-6H2,1-3H3,(H,10,11). The van der Waals surface area contributed by atoms with Gasteiger partial charge in [-0.05, 0) is 12.3 Å². The molecule has 0 aromatic heterocycles. The maximum absolute atomic E-state index is 10.9. The number of nitrogens with one attached hydrogen (secondary N) is 1. The highest BCUT2D eigenvalue weighted by Gasteiger charge is 2.39. The van der Waals surface area contributed by atoms with E-state index in [9.17, 15) is 4.79 Å². The van der Waals surface area contributed by atoms with Crippen LogP contribution in [0.5, 0.6) is 0 Å². The van der Waals surface area contributed by atoms with Crippen molar-refractivity contribution in [3.05, 3.63) is 0 Å². The van der Waals surface area contributed by atoms with Crippen molar-refractivity contribution >= 4 is 5.91 Å². The minimum atomic E-state index is -0.0556. The molecular weight excluding hydrogens is 154 g/mol. The molecule has 1 N–H and O–H groups in total. The van der Waals surface area contributed by atoms with E-state index in [1.54, 1.807) is 6.92 Å². The normalized spacial score (nSPS) is 20.3.